The first-order chi connectivity index (χ1) is 4.86. The molecule has 56 valence electrons. The summed E-state index contributed by atoms with van der Waals surface area (Å²) in [5, 5.41) is 0. The van der Waals surface area contributed by atoms with Crippen molar-refractivity contribution in [1.82, 2.24) is 4.90 Å². The molecule has 0 saturated carbocycles. The first-order valence-corrected chi connectivity index (χ1v) is 3.55. The van der Waals surface area contributed by atoms with Gasteiger partial charge in [0.25, 0.3) is 0 Å². The van der Waals surface area contributed by atoms with Crippen molar-refractivity contribution in [2.75, 3.05) is 26.7 Å². The Hall–Kier alpha value is -0.520. The molecule has 2 heteroatoms. The maximum atomic E-state index is 5.18. The van der Waals surface area contributed by atoms with E-state index in [4.69, 9.17) is 11.2 Å². The first-order valence-electron chi connectivity index (χ1n) is 3.55. The second kappa shape index (κ2) is 3.60. The van der Waals surface area contributed by atoms with Crippen LogP contribution < -0.4 is 0 Å². The van der Waals surface area contributed by atoms with Crippen molar-refractivity contribution >= 4 is 0 Å². The second-order valence-corrected chi connectivity index (χ2v) is 2.59. The van der Waals surface area contributed by atoms with Crippen molar-refractivity contribution in [2.24, 2.45) is 0 Å². The second-order valence-electron chi connectivity index (χ2n) is 2.59. The quantitative estimate of drug-likeness (QED) is 0.511. The van der Waals surface area contributed by atoms with Crippen LogP contribution in [-0.4, -0.2) is 37.7 Å². The minimum atomic E-state index is 0.411. The van der Waals surface area contributed by atoms with Crippen molar-refractivity contribution in [3.63, 3.8) is 0 Å². The third-order valence-electron chi connectivity index (χ3n) is 1.88. The smallest absolute Gasteiger partial charge is 0.0710 e. The third-order valence-corrected chi connectivity index (χ3v) is 1.88. The monoisotopic (exact) mass is 139 g/mol. The fraction of sp³-hybridized carbons (Fsp3) is 0.750. The molecule has 0 radical (unpaired) electrons. The summed E-state index contributed by atoms with van der Waals surface area (Å²) in [4.78, 5) is 2.23. The predicted octanol–water partition coefficient (Wildman–Crippen LogP) is 0.340. The molecule has 0 aromatic carbocycles. The zero-order valence-electron chi connectivity index (χ0n) is 6.34. The number of hydrogen-bond acceptors (Lipinski definition) is 2. The molecule has 1 aliphatic rings. The van der Waals surface area contributed by atoms with Gasteiger partial charge in [0.05, 0.1) is 12.6 Å². The zero-order valence-corrected chi connectivity index (χ0v) is 6.34. The molecular weight excluding hydrogens is 126 g/mol. The van der Waals surface area contributed by atoms with Gasteiger partial charge < -0.3 is 4.74 Å². The Morgan fingerprint density at radius 2 is 2.60 bits per heavy atom. The van der Waals surface area contributed by atoms with E-state index in [1.807, 2.05) is 0 Å². The Morgan fingerprint density at radius 1 is 1.80 bits per heavy atom. The molecule has 1 heterocycles. The maximum absolute atomic E-state index is 5.18. The zero-order chi connectivity index (χ0) is 7.40. The van der Waals surface area contributed by atoms with E-state index < -0.39 is 0 Å². The number of likely N-dealkylation sites (tertiary alicyclic amines) is 1. The molecular formula is C8H13NO. The van der Waals surface area contributed by atoms with Crippen LogP contribution in [0.2, 0.25) is 0 Å². The molecule has 0 N–H and O–H groups in total. The molecule has 1 unspecified atom stereocenters. The fourth-order valence-electron chi connectivity index (χ4n) is 1.26. The largest absolute Gasteiger partial charge is 0.380 e. The van der Waals surface area contributed by atoms with Crippen LogP contribution in [0.1, 0.15) is 6.42 Å². The van der Waals surface area contributed by atoms with Gasteiger partial charge in [-0.15, -0.1) is 6.42 Å². The van der Waals surface area contributed by atoms with Crippen molar-refractivity contribution in [1.29, 1.82) is 0 Å². The van der Waals surface area contributed by atoms with Crippen molar-refractivity contribution < 1.29 is 4.74 Å². The molecule has 0 aromatic heterocycles. The van der Waals surface area contributed by atoms with E-state index in [9.17, 15) is 0 Å². The summed E-state index contributed by atoms with van der Waals surface area (Å²) in [6.07, 6.45) is 6.70. The molecule has 1 saturated heterocycles. The van der Waals surface area contributed by atoms with E-state index in [0.29, 0.717) is 6.10 Å². The van der Waals surface area contributed by atoms with Gasteiger partial charge in [0.15, 0.2) is 0 Å². The lowest BCUT2D eigenvalue weighted by Crippen LogP contribution is -2.22. The minimum Gasteiger partial charge on any atom is -0.380 e. The van der Waals surface area contributed by atoms with E-state index in [1.54, 1.807) is 7.11 Å². The van der Waals surface area contributed by atoms with Gasteiger partial charge in [0.2, 0.25) is 0 Å². The molecule has 1 rings (SSSR count). The summed E-state index contributed by atoms with van der Waals surface area (Å²) >= 11 is 0. The summed E-state index contributed by atoms with van der Waals surface area (Å²) < 4.78 is 5.18. The summed E-state index contributed by atoms with van der Waals surface area (Å²) in [6.45, 7) is 2.85. The SMILES string of the molecule is C#CCN1CCC(OC)C1. The molecule has 0 spiro atoms. The average molecular weight is 139 g/mol. The van der Waals surface area contributed by atoms with Gasteiger partial charge >= 0.3 is 0 Å². The highest BCUT2D eigenvalue weighted by Crippen LogP contribution is 2.10. The van der Waals surface area contributed by atoms with Gasteiger partial charge in [0.1, 0.15) is 0 Å². The molecule has 1 aliphatic heterocycles. The Labute approximate surface area is 62.2 Å². The van der Waals surface area contributed by atoms with E-state index >= 15 is 0 Å². The standard InChI is InChI=1S/C8H13NO/c1-3-5-9-6-4-8(7-9)10-2/h1,8H,4-7H2,2H3. The number of hydrogen-bond donors (Lipinski definition) is 0. The lowest BCUT2D eigenvalue weighted by molar-refractivity contribution is 0.110. The van der Waals surface area contributed by atoms with Crippen molar-refractivity contribution in [3.05, 3.63) is 0 Å². The van der Waals surface area contributed by atoms with Crippen LogP contribution in [-0.2, 0) is 4.74 Å². The molecule has 0 bridgehead atoms. The van der Waals surface area contributed by atoms with Crippen molar-refractivity contribution in [3.8, 4) is 12.3 Å². The molecule has 0 amide bonds. The Morgan fingerprint density at radius 3 is 3.10 bits per heavy atom. The van der Waals surface area contributed by atoms with Crippen LogP contribution in [0.5, 0.6) is 0 Å². The van der Waals surface area contributed by atoms with E-state index in [1.165, 1.54) is 0 Å². The molecule has 2 nitrogen and oxygen atoms in total. The number of methoxy groups -OCH3 is 1. The van der Waals surface area contributed by atoms with Gasteiger partial charge in [-0.25, -0.2) is 0 Å². The lowest BCUT2D eigenvalue weighted by Gasteiger charge is -2.10. The van der Waals surface area contributed by atoms with Gasteiger partial charge in [-0.05, 0) is 6.42 Å². The molecule has 10 heavy (non-hydrogen) atoms. The van der Waals surface area contributed by atoms with Crippen LogP contribution in [0.15, 0.2) is 0 Å². The first kappa shape index (κ1) is 7.59. The minimum absolute atomic E-state index is 0.411. The van der Waals surface area contributed by atoms with Crippen LogP contribution in [0, 0.1) is 12.3 Å². The highest BCUT2D eigenvalue weighted by molar-refractivity contribution is 4.91. The van der Waals surface area contributed by atoms with Crippen molar-refractivity contribution in [2.45, 2.75) is 12.5 Å². The number of rotatable bonds is 2. The van der Waals surface area contributed by atoms with Gasteiger partial charge in [-0.2, -0.15) is 0 Å². The van der Waals surface area contributed by atoms with Crippen LogP contribution >= 0.6 is 0 Å². The summed E-state index contributed by atoms with van der Waals surface area (Å²) in [7, 11) is 1.75. The lowest BCUT2D eigenvalue weighted by atomic mass is 10.3. The summed E-state index contributed by atoms with van der Waals surface area (Å²) in [5.41, 5.74) is 0. The molecule has 1 fully saturated rings. The van der Waals surface area contributed by atoms with Crippen LogP contribution in [0.25, 0.3) is 0 Å². The normalized spacial score (nSPS) is 26.6. The average Bonchev–Trinajstić information content (AvgIpc) is 2.37. The van der Waals surface area contributed by atoms with Gasteiger partial charge in [-0.3, -0.25) is 4.90 Å². The Kier molecular flexibility index (Phi) is 2.73. The maximum Gasteiger partial charge on any atom is 0.0710 e. The number of nitrogens with zero attached hydrogens (tertiary/aromatic N) is 1. The van der Waals surface area contributed by atoms with Gasteiger partial charge in [-0.1, -0.05) is 5.92 Å². The van der Waals surface area contributed by atoms with Gasteiger partial charge in [0, 0.05) is 20.2 Å². The summed E-state index contributed by atoms with van der Waals surface area (Å²) in [5.74, 6) is 2.62. The fourth-order valence-corrected chi connectivity index (χ4v) is 1.26. The van der Waals surface area contributed by atoms with Crippen LogP contribution in [0.3, 0.4) is 0 Å². The topological polar surface area (TPSA) is 12.5 Å². The Balaban J connectivity index is 2.23. The predicted molar refractivity (Wildman–Crippen MR) is 40.7 cm³/mol. The summed E-state index contributed by atoms with van der Waals surface area (Å²) in [6, 6.07) is 0. The third kappa shape index (κ3) is 1.73. The molecule has 0 aromatic rings. The highest BCUT2D eigenvalue weighted by Gasteiger charge is 2.20. The van der Waals surface area contributed by atoms with E-state index in [2.05, 4.69) is 10.8 Å². The molecule has 0 aliphatic carbocycles. The van der Waals surface area contributed by atoms with E-state index in [-0.39, 0.29) is 0 Å². The highest BCUT2D eigenvalue weighted by atomic mass is 16.5. The Bertz CT molecular complexity index is 139. The number of ether oxygens (including phenoxy) is 1. The molecule has 1 atom stereocenters. The number of terminal acetylenes is 1. The van der Waals surface area contributed by atoms with E-state index in [0.717, 1.165) is 26.1 Å². The van der Waals surface area contributed by atoms with Crippen LogP contribution in [0.4, 0.5) is 0 Å².